The number of hydrogen-bond donors (Lipinski definition) is 7. The number of fused-ring (bicyclic) bond motifs is 1. The van der Waals surface area contributed by atoms with Crippen LogP contribution < -0.4 is 25.0 Å². The average molecular weight is 1250 g/mol. The molecule has 1 saturated carbocycles. The standard InChI is InChI=1S/C61H90N2O19S3/c1-16-62-39-28-75-44(26-43(39)71-12)80-55-50(67)48(34(9)77-60(55)79-42-22-20-18-17-19-21-37-33(8)41(65)27-61(70,29(2)3)38(47(37)42)23-24-83-85-30(4)5)63-82-45-25-40(64)57(36(11)76-45)84-58(69)46-31(6)32(7)52(56(74-15)53(46)72-13)81-59-51(68)54(73-14)49(66)35(10)78-59/h17-18,23,29-30,33-37,39-40,42-45,47-51,54-55,57,59-60,62-64,66-68,70H,16,24-28H2,1-15H3/b18-17-,38-23+/t33?,34-,35+,36-,37?,39+,40+,42+,43+,44+,45+,47?,48-,49+,50+,51-,54-,55-,57-,59+,60+,61-/m1/s1. The lowest BCUT2D eigenvalue weighted by atomic mass is 9.70. The Balaban J connectivity index is 1.12. The number of rotatable bonds is 22. The molecule has 21 nitrogen and oxygen atoms in total. The Morgan fingerprint density at radius 1 is 0.824 bits per heavy atom. The Hall–Kier alpha value is -3.03. The highest BCUT2D eigenvalue weighted by molar-refractivity contribution is 8.77. The van der Waals surface area contributed by atoms with Crippen molar-refractivity contribution in [3.63, 3.8) is 0 Å². The monoisotopic (exact) mass is 1250 g/mol. The average Bonchev–Trinajstić information content (AvgIpc) is 2.09. The van der Waals surface area contributed by atoms with E-state index in [-0.39, 0.29) is 72.5 Å². The highest BCUT2D eigenvalue weighted by atomic mass is 33.1. The van der Waals surface area contributed by atoms with Crippen LogP contribution in [0.15, 0.2) is 23.8 Å². The molecule has 0 bridgehead atoms. The number of hydroxylamine groups is 1. The molecule has 85 heavy (non-hydrogen) atoms. The van der Waals surface area contributed by atoms with Crippen LogP contribution in [0.2, 0.25) is 0 Å². The molecule has 6 aliphatic rings. The van der Waals surface area contributed by atoms with Gasteiger partial charge in [-0.3, -0.25) is 14.4 Å². The van der Waals surface area contributed by atoms with Crippen molar-refractivity contribution in [1.82, 2.24) is 10.8 Å². The summed E-state index contributed by atoms with van der Waals surface area (Å²) in [4.78, 5) is 34.8. The number of likely N-dealkylation sites (N-methyl/N-ethyl adjacent to an activating group) is 1. The highest BCUT2D eigenvalue weighted by Crippen LogP contribution is 2.50. The van der Waals surface area contributed by atoms with Crippen LogP contribution in [-0.4, -0.2) is 204 Å². The summed E-state index contributed by atoms with van der Waals surface area (Å²) in [7, 11) is 9.11. The summed E-state index contributed by atoms with van der Waals surface area (Å²) in [5.41, 5.74) is 3.13. The lowest BCUT2D eigenvalue weighted by molar-refractivity contribution is -0.340. The van der Waals surface area contributed by atoms with E-state index in [1.165, 1.54) is 21.3 Å². The van der Waals surface area contributed by atoms with Crippen molar-refractivity contribution in [1.29, 1.82) is 0 Å². The second kappa shape index (κ2) is 31.1. The summed E-state index contributed by atoms with van der Waals surface area (Å²) in [5.74, 6) is 11.1. The van der Waals surface area contributed by atoms with E-state index in [2.05, 4.69) is 48.3 Å². The maximum atomic E-state index is 14.5. The number of nitrogens with one attached hydrogen (secondary N) is 2. The molecular weight excluding hydrogens is 1160 g/mol. The highest BCUT2D eigenvalue weighted by Gasteiger charge is 2.55. The zero-order chi connectivity index (χ0) is 62.2. The Kier molecular flexibility index (Phi) is 25.4. The van der Waals surface area contributed by atoms with Gasteiger partial charge >= 0.3 is 0 Å². The predicted octanol–water partition coefficient (Wildman–Crippen LogP) is 4.95. The number of ketones is 1. The normalized spacial score (nSPS) is 38.6. The van der Waals surface area contributed by atoms with E-state index in [4.69, 9.17) is 56.9 Å². The van der Waals surface area contributed by atoms with Crippen molar-refractivity contribution in [2.75, 3.05) is 47.3 Å². The molecular formula is C61H90N2O19S3. The first-order valence-corrected chi connectivity index (χ1v) is 32.6. The van der Waals surface area contributed by atoms with E-state index in [1.54, 1.807) is 75.5 Å². The molecule has 0 radical (unpaired) electrons. The van der Waals surface area contributed by atoms with Crippen molar-refractivity contribution < 1.29 is 92.1 Å². The zero-order valence-corrected chi connectivity index (χ0v) is 53.9. The number of ether oxygens (including phenoxy) is 11. The van der Waals surface area contributed by atoms with Crippen molar-refractivity contribution in [2.45, 2.75) is 216 Å². The number of aliphatic hydroxyl groups excluding tert-OH is 4. The van der Waals surface area contributed by atoms with E-state index in [0.29, 0.717) is 34.2 Å². The van der Waals surface area contributed by atoms with Gasteiger partial charge in [0, 0.05) is 62.2 Å². The number of carbonyl (C=O) groups is 2. The summed E-state index contributed by atoms with van der Waals surface area (Å²) >= 11 is 0.863. The SMILES string of the molecule is CCN[C@H]1CO[C@@H](O[C@H]2[C@H](O[C@H]3C#C/C=C\C#CC4C(C)C(=O)C[C@@](O)(C(C)C)/C(=C/CSSC(C)C)C43)O[C@H](C)[C@@H](NO[C@H]3C[C@H](O)[C@H](SC(=O)c4c(C)c(C)c(O[C@@H]5O[C@@H](C)[C@H](O)[C@@H](OC)[C@H]5O)c(OC)c4OC)[C@@H](C)O3)[C@@H]2O)C[C@@H]1OC. The van der Waals surface area contributed by atoms with Crippen LogP contribution in [0.25, 0.3) is 0 Å². The fourth-order valence-electron chi connectivity index (χ4n) is 11.9. The summed E-state index contributed by atoms with van der Waals surface area (Å²) in [6.45, 7) is 21.3. The maximum absolute atomic E-state index is 14.5. The number of allylic oxidation sites excluding steroid dienone is 2. The smallest absolute Gasteiger partial charge is 0.229 e. The molecule has 4 saturated heterocycles. The zero-order valence-electron chi connectivity index (χ0n) is 51.4. The van der Waals surface area contributed by atoms with Crippen LogP contribution >= 0.6 is 33.3 Å². The van der Waals surface area contributed by atoms with E-state index < -0.39 is 126 Å². The van der Waals surface area contributed by atoms with Crippen LogP contribution in [0.3, 0.4) is 0 Å². The predicted molar refractivity (Wildman–Crippen MR) is 322 cm³/mol. The first-order chi connectivity index (χ1) is 40.4. The van der Waals surface area contributed by atoms with Gasteiger partial charge in [-0.25, -0.2) is 0 Å². The molecule has 22 atom stereocenters. The topological polar surface area (TPSA) is 270 Å². The number of benzene rings is 1. The van der Waals surface area contributed by atoms with Crippen molar-refractivity contribution >= 4 is 44.2 Å². The molecule has 4 aliphatic heterocycles. The Bertz CT molecular complexity index is 2610. The molecule has 2 aliphatic carbocycles. The first-order valence-electron chi connectivity index (χ1n) is 29.3. The van der Waals surface area contributed by atoms with Gasteiger partial charge in [0.1, 0.15) is 42.4 Å². The van der Waals surface area contributed by atoms with E-state index in [0.717, 1.165) is 11.8 Å². The Morgan fingerprint density at radius 3 is 2.15 bits per heavy atom. The first kappa shape index (κ1) is 69.4. The molecule has 7 N–H and O–H groups in total. The molecule has 0 amide bonds. The lowest BCUT2D eigenvalue weighted by Crippen LogP contribution is -2.65. The third-order valence-corrected chi connectivity index (χ3v) is 21.1. The third-order valence-electron chi connectivity index (χ3n) is 16.9. The minimum atomic E-state index is -1.57. The second-order valence-electron chi connectivity index (χ2n) is 23.1. The van der Waals surface area contributed by atoms with Gasteiger partial charge in [0.05, 0.1) is 79.8 Å². The van der Waals surface area contributed by atoms with Gasteiger partial charge in [-0.1, -0.05) is 105 Å². The fraction of sp³-hybridized carbons (Fsp3) is 0.738. The molecule has 3 unspecified atom stereocenters. The van der Waals surface area contributed by atoms with Gasteiger partial charge in [-0.15, -0.1) is 0 Å². The third kappa shape index (κ3) is 15.8. The molecule has 7 rings (SSSR count). The van der Waals surface area contributed by atoms with Crippen molar-refractivity contribution in [3.05, 3.63) is 40.5 Å². The summed E-state index contributed by atoms with van der Waals surface area (Å²) in [6.07, 6.45) is -10.3. The van der Waals surface area contributed by atoms with Gasteiger partial charge in [0.15, 0.2) is 30.4 Å². The summed E-state index contributed by atoms with van der Waals surface area (Å²) < 4.78 is 68.1. The largest absolute Gasteiger partial charge is 0.492 e. The van der Waals surface area contributed by atoms with Crippen molar-refractivity contribution in [2.24, 2.45) is 23.7 Å². The van der Waals surface area contributed by atoms with Crippen LogP contribution in [0.1, 0.15) is 103 Å². The molecule has 476 valence electrons. The van der Waals surface area contributed by atoms with E-state index in [9.17, 15) is 35.1 Å². The molecule has 24 heteroatoms. The minimum absolute atomic E-state index is 0.0535. The molecule has 4 heterocycles. The van der Waals surface area contributed by atoms with Gasteiger partial charge < -0.3 is 83.0 Å². The van der Waals surface area contributed by atoms with Crippen LogP contribution in [-0.2, 0) is 47.5 Å². The number of carbonyl (C=O) groups excluding carboxylic acids is 2. The minimum Gasteiger partial charge on any atom is -0.492 e. The van der Waals surface area contributed by atoms with Gasteiger partial charge in [-0.05, 0) is 75.9 Å². The van der Waals surface area contributed by atoms with Gasteiger partial charge in [0.2, 0.25) is 17.2 Å². The van der Waals surface area contributed by atoms with Gasteiger partial charge in [0.25, 0.3) is 0 Å². The summed E-state index contributed by atoms with van der Waals surface area (Å²) in [5, 5.41) is 61.4. The van der Waals surface area contributed by atoms with Gasteiger partial charge in [-0.2, -0.15) is 5.48 Å². The molecule has 1 aromatic carbocycles. The fourth-order valence-corrected chi connectivity index (χ4v) is 14.9. The Morgan fingerprint density at radius 2 is 1.52 bits per heavy atom. The quantitative estimate of drug-likeness (QED) is 0.0266. The number of thioether (sulfide) groups is 1. The maximum Gasteiger partial charge on any atom is 0.229 e. The second-order valence-corrected chi connectivity index (χ2v) is 27.2. The van der Waals surface area contributed by atoms with Crippen LogP contribution in [0, 0.1) is 61.2 Å². The molecule has 0 spiro atoms. The van der Waals surface area contributed by atoms with Crippen LogP contribution in [0.5, 0.6) is 17.2 Å². The van der Waals surface area contributed by atoms with Crippen LogP contribution in [0.4, 0.5) is 0 Å². The Labute approximate surface area is 513 Å². The number of aliphatic hydroxyl groups is 5. The number of methoxy groups -OCH3 is 4. The summed E-state index contributed by atoms with van der Waals surface area (Å²) in [6, 6.07) is -1.13. The number of Topliss-reactive ketones (excluding diaryl/α,β-unsaturated/α-hetero) is 1. The van der Waals surface area contributed by atoms with E-state index >= 15 is 0 Å². The molecule has 0 aromatic heterocycles. The van der Waals surface area contributed by atoms with Crippen molar-refractivity contribution in [3.8, 4) is 40.9 Å². The number of hydrogen-bond acceptors (Lipinski definition) is 24. The van der Waals surface area contributed by atoms with E-state index in [1.807, 2.05) is 33.8 Å². The lowest BCUT2D eigenvalue weighted by Gasteiger charge is -2.47. The molecule has 5 fully saturated rings. The molecule has 1 aromatic rings.